The van der Waals surface area contributed by atoms with Gasteiger partial charge < -0.3 is 5.11 Å². The molecule has 3 nitrogen and oxygen atoms in total. The Labute approximate surface area is 216 Å². The summed E-state index contributed by atoms with van der Waals surface area (Å²) < 4.78 is 13.7. The van der Waals surface area contributed by atoms with E-state index in [0.29, 0.717) is 11.1 Å². The van der Waals surface area contributed by atoms with Crippen LogP contribution in [0.5, 0.6) is 0 Å². The first kappa shape index (κ1) is 29.7. The van der Waals surface area contributed by atoms with Crippen molar-refractivity contribution in [2.24, 2.45) is 10.8 Å². The van der Waals surface area contributed by atoms with Crippen molar-refractivity contribution < 1.29 is 34.4 Å². The molecule has 2 aromatic carbocycles. The smallest absolute Gasteiger partial charge is 0.164 e. The zero-order chi connectivity index (χ0) is 25.1. The van der Waals surface area contributed by atoms with Crippen molar-refractivity contribution in [2.75, 3.05) is 0 Å². The molecule has 0 unspecified atom stereocenters. The van der Waals surface area contributed by atoms with Crippen molar-refractivity contribution in [3.63, 3.8) is 0 Å². The molecule has 3 aromatic rings. The Morgan fingerprint density at radius 3 is 2.12 bits per heavy atom. The zero-order valence-electron chi connectivity index (χ0n) is 21.6. The van der Waals surface area contributed by atoms with Gasteiger partial charge in [-0.3, -0.25) is 9.78 Å². The van der Waals surface area contributed by atoms with Gasteiger partial charge in [0.1, 0.15) is 11.6 Å². The SMILES string of the molecule is CC(C)(C)C(=O)/C=C(\O)C(C)(C)C.Cc1[c-]c(-c2ccc3cc(C)c(F)cc3n2)cc(C)c1.[Ir]. The molecule has 1 radical (unpaired) electrons. The van der Waals surface area contributed by atoms with E-state index in [1.165, 1.54) is 17.7 Å². The molecule has 0 saturated heterocycles. The molecular weight excluding hydrogens is 606 g/mol. The quantitative estimate of drug-likeness (QED) is 0.176. The molecular formula is C29H35FIrNO2-. The summed E-state index contributed by atoms with van der Waals surface area (Å²) in [6.45, 7) is 16.9. The molecule has 185 valence electrons. The number of hydrogen-bond acceptors (Lipinski definition) is 3. The first-order valence-electron chi connectivity index (χ1n) is 11.1. The summed E-state index contributed by atoms with van der Waals surface area (Å²) in [5.74, 6) is -0.112. The van der Waals surface area contributed by atoms with Crippen LogP contribution in [0.4, 0.5) is 4.39 Å². The fourth-order valence-corrected chi connectivity index (χ4v) is 3.00. The standard InChI is InChI=1S/C18H15FN.C11H20O2.Ir/c1-11-6-12(2)8-15(7-11)17-5-4-14-9-13(3)16(19)10-18(14)20-17;1-10(2,3)8(12)7-9(13)11(4,5)6;/h4-7,9-10H,1-3H3;7,12H,1-6H3;/q-1;;/b;8-7-;. The van der Waals surface area contributed by atoms with Crippen LogP contribution in [0.1, 0.15) is 58.2 Å². The molecule has 0 spiro atoms. The maximum atomic E-state index is 13.7. The minimum absolute atomic E-state index is 0. The van der Waals surface area contributed by atoms with Crippen LogP contribution in [-0.2, 0) is 24.9 Å². The van der Waals surface area contributed by atoms with Crippen LogP contribution < -0.4 is 0 Å². The number of nitrogens with zero attached hydrogens (tertiary/aromatic N) is 1. The van der Waals surface area contributed by atoms with Crippen molar-refractivity contribution in [3.8, 4) is 11.3 Å². The number of carbonyl (C=O) groups excluding carboxylic acids is 1. The summed E-state index contributed by atoms with van der Waals surface area (Å²) in [4.78, 5) is 16.0. The molecule has 3 rings (SSSR count). The van der Waals surface area contributed by atoms with E-state index < -0.39 is 5.41 Å². The van der Waals surface area contributed by atoms with Gasteiger partial charge in [-0.15, -0.1) is 34.9 Å². The van der Waals surface area contributed by atoms with Gasteiger partial charge in [-0.2, -0.15) is 0 Å². The topological polar surface area (TPSA) is 50.2 Å². The molecule has 0 aliphatic heterocycles. The number of aliphatic hydroxyl groups is 1. The van der Waals surface area contributed by atoms with Gasteiger partial charge >= 0.3 is 0 Å². The van der Waals surface area contributed by atoms with Gasteiger partial charge in [0.2, 0.25) is 0 Å². The Kier molecular flexibility index (Phi) is 9.93. The fourth-order valence-electron chi connectivity index (χ4n) is 3.00. The molecule has 0 bridgehead atoms. The third-order valence-corrected chi connectivity index (χ3v) is 5.17. The average molecular weight is 641 g/mol. The molecule has 34 heavy (non-hydrogen) atoms. The number of pyridine rings is 1. The monoisotopic (exact) mass is 641 g/mol. The van der Waals surface area contributed by atoms with Gasteiger partial charge in [0.15, 0.2) is 5.78 Å². The summed E-state index contributed by atoms with van der Waals surface area (Å²) >= 11 is 0. The number of hydrogen-bond donors (Lipinski definition) is 1. The largest absolute Gasteiger partial charge is 0.512 e. The third-order valence-electron chi connectivity index (χ3n) is 5.17. The minimum atomic E-state index is -0.417. The van der Waals surface area contributed by atoms with E-state index in [9.17, 15) is 14.3 Å². The molecule has 0 atom stereocenters. The second-order valence-electron chi connectivity index (χ2n) is 10.6. The van der Waals surface area contributed by atoms with E-state index in [2.05, 4.69) is 24.0 Å². The van der Waals surface area contributed by atoms with Crippen LogP contribution in [-0.4, -0.2) is 15.9 Å². The minimum Gasteiger partial charge on any atom is -0.512 e. The molecule has 0 saturated carbocycles. The van der Waals surface area contributed by atoms with Gasteiger partial charge in [0, 0.05) is 37.0 Å². The Balaban J connectivity index is 0.000000364. The van der Waals surface area contributed by atoms with E-state index in [1.54, 1.807) is 6.92 Å². The van der Waals surface area contributed by atoms with Gasteiger partial charge in [-0.05, 0) is 35.7 Å². The number of rotatable bonds is 2. The molecule has 1 heterocycles. The summed E-state index contributed by atoms with van der Waals surface area (Å²) in [6.07, 6.45) is 1.33. The van der Waals surface area contributed by atoms with Gasteiger partial charge in [0.25, 0.3) is 0 Å². The molecule has 0 aliphatic rings. The Hall–Kier alpha value is -2.36. The van der Waals surface area contributed by atoms with Crippen LogP contribution in [0.25, 0.3) is 22.2 Å². The Morgan fingerprint density at radius 1 is 0.971 bits per heavy atom. The van der Waals surface area contributed by atoms with Crippen LogP contribution >= 0.6 is 0 Å². The molecule has 1 N–H and O–H groups in total. The van der Waals surface area contributed by atoms with E-state index >= 15 is 0 Å². The van der Waals surface area contributed by atoms with Crippen molar-refractivity contribution in [1.82, 2.24) is 4.98 Å². The maximum Gasteiger partial charge on any atom is 0.164 e. The molecule has 0 aliphatic carbocycles. The average Bonchev–Trinajstić information content (AvgIpc) is 2.66. The molecule has 0 fully saturated rings. The predicted octanol–water partition coefficient (Wildman–Crippen LogP) is 7.85. The number of aryl methyl sites for hydroxylation is 3. The normalized spacial score (nSPS) is 12.0. The van der Waals surface area contributed by atoms with Gasteiger partial charge in [-0.25, -0.2) is 4.39 Å². The zero-order valence-corrected chi connectivity index (χ0v) is 24.0. The van der Waals surface area contributed by atoms with Gasteiger partial charge in [0.05, 0.1) is 5.52 Å². The Morgan fingerprint density at radius 2 is 1.59 bits per heavy atom. The van der Waals surface area contributed by atoms with Crippen LogP contribution in [0.3, 0.4) is 0 Å². The maximum absolute atomic E-state index is 13.7. The fraction of sp³-hybridized carbons (Fsp3) is 0.379. The number of aromatic nitrogens is 1. The van der Waals surface area contributed by atoms with Gasteiger partial charge in [-0.1, -0.05) is 67.5 Å². The number of halogens is 1. The first-order chi connectivity index (χ1) is 15.1. The van der Waals surface area contributed by atoms with Crippen molar-refractivity contribution >= 4 is 16.7 Å². The number of fused-ring (bicyclic) bond motifs is 1. The van der Waals surface area contributed by atoms with E-state index in [1.807, 2.05) is 72.7 Å². The number of benzene rings is 2. The molecule has 5 heteroatoms. The van der Waals surface area contributed by atoms with Crippen molar-refractivity contribution in [3.05, 3.63) is 76.8 Å². The predicted molar refractivity (Wildman–Crippen MR) is 135 cm³/mol. The first-order valence-corrected chi connectivity index (χ1v) is 11.1. The third kappa shape index (κ3) is 8.14. The van der Waals surface area contributed by atoms with Crippen molar-refractivity contribution in [2.45, 2.75) is 62.3 Å². The summed E-state index contributed by atoms with van der Waals surface area (Å²) in [6, 6.07) is 14.7. The van der Waals surface area contributed by atoms with Crippen molar-refractivity contribution in [1.29, 1.82) is 0 Å². The van der Waals surface area contributed by atoms with Crippen LogP contribution in [0, 0.1) is 43.5 Å². The second kappa shape index (κ2) is 11.4. The molecule has 0 amide bonds. The van der Waals surface area contributed by atoms with Crippen LogP contribution in [0.2, 0.25) is 0 Å². The van der Waals surface area contributed by atoms with Crippen LogP contribution in [0.15, 0.2) is 48.2 Å². The Bertz CT molecular complexity index is 1180. The number of aliphatic hydroxyl groups excluding tert-OH is 1. The summed E-state index contributed by atoms with van der Waals surface area (Å²) in [5.41, 5.74) is 4.59. The van der Waals surface area contributed by atoms with E-state index in [4.69, 9.17) is 0 Å². The molecule has 1 aromatic heterocycles. The second-order valence-corrected chi connectivity index (χ2v) is 10.6. The summed E-state index contributed by atoms with van der Waals surface area (Å²) in [5, 5.41) is 10.5. The van der Waals surface area contributed by atoms with E-state index in [-0.39, 0.29) is 42.9 Å². The van der Waals surface area contributed by atoms with E-state index in [0.717, 1.165) is 22.2 Å². The number of carbonyl (C=O) groups is 1. The summed E-state index contributed by atoms with van der Waals surface area (Å²) in [7, 11) is 0. The number of allylic oxidation sites excluding steroid dienone is 2. The number of ketones is 1.